The fourth-order valence-electron chi connectivity index (χ4n) is 11.0. The van der Waals surface area contributed by atoms with Crippen molar-refractivity contribution in [3.8, 4) is 0 Å². The number of carbonyl (C=O) groups excluding carboxylic acids is 3. The summed E-state index contributed by atoms with van der Waals surface area (Å²) < 4.78 is 11.3. The van der Waals surface area contributed by atoms with Crippen LogP contribution in [0.15, 0.2) is 11.6 Å². The summed E-state index contributed by atoms with van der Waals surface area (Å²) in [5.41, 5.74) is 0.312. The van der Waals surface area contributed by atoms with E-state index in [-0.39, 0.29) is 62.7 Å². The summed E-state index contributed by atoms with van der Waals surface area (Å²) in [5.74, 6) is 0.120. The van der Waals surface area contributed by atoms with Gasteiger partial charge in [-0.15, -0.1) is 0 Å². The molecule has 0 spiro atoms. The van der Waals surface area contributed by atoms with Gasteiger partial charge in [-0.2, -0.15) is 0 Å². The Morgan fingerprint density at radius 2 is 1.55 bits per heavy atom. The van der Waals surface area contributed by atoms with Crippen LogP contribution in [-0.2, 0) is 23.9 Å². The van der Waals surface area contributed by atoms with Crippen LogP contribution in [0.1, 0.15) is 113 Å². The highest BCUT2D eigenvalue weighted by atomic mass is 16.5. The summed E-state index contributed by atoms with van der Waals surface area (Å²) in [4.78, 5) is 39.8. The molecule has 38 heavy (non-hydrogen) atoms. The average Bonchev–Trinajstić information content (AvgIpc) is 2.81. The molecule has 0 bridgehead atoms. The summed E-state index contributed by atoms with van der Waals surface area (Å²) in [5, 5.41) is 0. The molecule has 0 aromatic heterocycles. The van der Waals surface area contributed by atoms with Crippen LogP contribution in [0, 0.1) is 50.2 Å². The van der Waals surface area contributed by atoms with E-state index in [0.29, 0.717) is 5.92 Å². The first-order valence-corrected chi connectivity index (χ1v) is 15.0. The minimum absolute atomic E-state index is 0.0150. The average molecular weight is 527 g/mol. The van der Waals surface area contributed by atoms with Crippen molar-refractivity contribution < 1.29 is 23.9 Å². The Morgan fingerprint density at radius 1 is 0.895 bits per heavy atom. The van der Waals surface area contributed by atoms with E-state index < -0.39 is 5.41 Å². The summed E-state index contributed by atoms with van der Waals surface area (Å²) in [6, 6.07) is 0. The lowest BCUT2D eigenvalue weighted by Gasteiger charge is -2.70. The Hall–Kier alpha value is -1.65. The maximum Gasteiger partial charge on any atom is 0.312 e. The normalized spacial score (nSPS) is 46.9. The lowest BCUT2D eigenvalue weighted by molar-refractivity contribution is -0.197. The van der Waals surface area contributed by atoms with E-state index in [2.05, 4.69) is 54.5 Å². The van der Waals surface area contributed by atoms with E-state index >= 15 is 0 Å². The van der Waals surface area contributed by atoms with Gasteiger partial charge in [0.25, 0.3) is 0 Å². The van der Waals surface area contributed by atoms with E-state index in [1.807, 2.05) is 0 Å². The van der Waals surface area contributed by atoms with E-state index in [1.165, 1.54) is 19.6 Å². The smallest absolute Gasteiger partial charge is 0.312 e. The standard InChI is InChI=1S/C33H50O5/c1-20(34)38-25-11-12-30(6)23(29(25,4)5)10-13-31(7)24(30)18-22(35)26-21-19-28(2,3)14-16-33(21,27(36)37-9)17-15-32(26,31)8/h18,21,23,25-26H,10-17,19H2,1-9H3/t21-,23?,25+,26+,30+,31-,32-,33+/m1/s1. The highest BCUT2D eigenvalue weighted by Gasteiger charge is 2.71. The number of hydrogen-bond donors (Lipinski definition) is 0. The molecule has 5 nitrogen and oxygen atoms in total. The Bertz CT molecular complexity index is 1080. The zero-order valence-electron chi connectivity index (χ0n) is 25.3. The summed E-state index contributed by atoms with van der Waals surface area (Å²) in [6.07, 6.45) is 10.2. The molecule has 0 heterocycles. The van der Waals surface area contributed by atoms with Gasteiger partial charge in [-0.25, -0.2) is 0 Å². The quantitative estimate of drug-likeness (QED) is 0.360. The van der Waals surface area contributed by atoms with Gasteiger partial charge in [-0.05, 0) is 97.4 Å². The molecule has 4 fully saturated rings. The lowest BCUT2D eigenvalue weighted by atomic mass is 9.34. The van der Waals surface area contributed by atoms with Gasteiger partial charge in [0.15, 0.2) is 5.78 Å². The zero-order valence-corrected chi connectivity index (χ0v) is 25.3. The van der Waals surface area contributed by atoms with E-state index in [0.717, 1.165) is 57.8 Å². The number of rotatable bonds is 2. The molecule has 0 aromatic carbocycles. The second kappa shape index (κ2) is 8.43. The number of ketones is 1. The Morgan fingerprint density at radius 3 is 2.18 bits per heavy atom. The molecule has 4 saturated carbocycles. The minimum atomic E-state index is -0.545. The van der Waals surface area contributed by atoms with Crippen molar-refractivity contribution in [1.82, 2.24) is 0 Å². The second-order valence-electron chi connectivity index (χ2n) is 15.8. The number of fused-ring (bicyclic) bond motifs is 7. The Labute approximate surface area is 229 Å². The third kappa shape index (κ3) is 3.51. The topological polar surface area (TPSA) is 69.7 Å². The van der Waals surface area contributed by atoms with Gasteiger partial charge in [0.1, 0.15) is 6.10 Å². The van der Waals surface area contributed by atoms with E-state index in [9.17, 15) is 14.4 Å². The summed E-state index contributed by atoms with van der Waals surface area (Å²) in [6.45, 7) is 17.8. The van der Waals surface area contributed by atoms with Gasteiger partial charge in [0.2, 0.25) is 0 Å². The number of hydrogen-bond acceptors (Lipinski definition) is 5. The number of ether oxygens (including phenoxy) is 2. The molecule has 0 saturated heterocycles. The van der Waals surface area contributed by atoms with Gasteiger partial charge in [-0.1, -0.05) is 54.0 Å². The van der Waals surface area contributed by atoms with Crippen molar-refractivity contribution in [2.45, 2.75) is 119 Å². The van der Waals surface area contributed by atoms with Crippen LogP contribution in [0.5, 0.6) is 0 Å². The molecule has 5 aliphatic rings. The Kier molecular flexibility index (Phi) is 6.19. The predicted octanol–water partition coefficient (Wildman–Crippen LogP) is 7.07. The number of methoxy groups -OCH3 is 1. The van der Waals surface area contributed by atoms with Crippen molar-refractivity contribution in [2.75, 3.05) is 7.11 Å². The van der Waals surface area contributed by atoms with Crippen molar-refractivity contribution in [3.05, 3.63) is 11.6 Å². The number of allylic oxidation sites excluding steroid dienone is 2. The lowest BCUT2D eigenvalue weighted by Crippen LogP contribution is -2.66. The van der Waals surface area contributed by atoms with Crippen molar-refractivity contribution in [2.24, 2.45) is 50.2 Å². The first-order chi connectivity index (χ1) is 17.5. The molecule has 212 valence electrons. The van der Waals surface area contributed by atoms with Gasteiger partial charge in [0.05, 0.1) is 12.5 Å². The van der Waals surface area contributed by atoms with Crippen LogP contribution in [0.25, 0.3) is 0 Å². The molecule has 0 aliphatic heterocycles. The molecule has 5 aliphatic carbocycles. The summed E-state index contributed by atoms with van der Waals surface area (Å²) in [7, 11) is 1.51. The van der Waals surface area contributed by atoms with Gasteiger partial charge in [-0.3, -0.25) is 14.4 Å². The summed E-state index contributed by atoms with van der Waals surface area (Å²) >= 11 is 0. The van der Waals surface area contributed by atoms with Crippen LogP contribution >= 0.6 is 0 Å². The van der Waals surface area contributed by atoms with Crippen molar-refractivity contribution in [3.63, 3.8) is 0 Å². The molecule has 5 rings (SSSR count). The van der Waals surface area contributed by atoms with Gasteiger partial charge < -0.3 is 9.47 Å². The van der Waals surface area contributed by atoms with Crippen molar-refractivity contribution >= 4 is 17.7 Å². The van der Waals surface area contributed by atoms with Crippen LogP contribution in [0.4, 0.5) is 0 Å². The third-order valence-corrected chi connectivity index (χ3v) is 13.2. The number of carbonyl (C=O) groups is 3. The first-order valence-electron chi connectivity index (χ1n) is 15.0. The molecule has 8 atom stereocenters. The zero-order chi connectivity index (χ0) is 28.1. The largest absolute Gasteiger partial charge is 0.469 e. The van der Waals surface area contributed by atoms with Crippen LogP contribution < -0.4 is 0 Å². The molecular weight excluding hydrogens is 476 g/mol. The fraction of sp³-hybridized carbons (Fsp3) is 0.848. The van der Waals surface area contributed by atoms with E-state index in [1.54, 1.807) is 0 Å². The molecule has 0 radical (unpaired) electrons. The second-order valence-corrected chi connectivity index (χ2v) is 15.8. The molecule has 0 aromatic rings. The molecule has 1 unspecified atom stereocenters. The van der Waals surface area contributed by atoms with E-state index in [4.69, 9.17) is 9.47 Å². The maximum atomic E-state index is 14.4. The van der Waals surface area contributed by atoms with Gasteiger partial charge >= 0.3 is 11.9 Å². The highest BCUT2D eigenvalue weighted by Crippen LogP contribution is 2.75. The fourth-order valence-corrected chi connectivity index (χ4v) is 11.0. The molecule has 0 N–H and O–H groups in total. The third-order valence-electron chi connectivity index (χ3n) is 13.2. The van der Waals surface area contributed by atoms with Crippen LogP contribution in [0.3, 0.4) is 0 Å². The van der Waals surface area contributed by atoms with Crippen LogP contribution in [0.2, 0.25) is 0 Å². The predicted molar refractivity (Wildman–Crippen MR) is 147 cm³/mol. The minimum Gasteiger partial charge on any atom is -0.469 e. The maximum absolute atomic E-state index is 14.4. The van der Waals surface area contributed by atoms with Crippen LogP contribution in [-0.4, -0.2) is 30.9 Å². The SMILES string of the molecule is COC(=O)[C@]12CCC(C)(C)C[C@@H]1[C@H]1C(=O)C=C3[C@@]4(C)CC[C@H](OC(C)=O)C(C)(C)C4CC[C@@]3(C)[C@]1(C)CC2. The molecule has 0 amide bonds. The van der Waals surface area contributed by atoms with Gasteiger partial charge in [0, 0.05) is 18.3 Å². The Balaban J connectivity index is 1.60. The number of esters is 2. The van der Waals surface area contributed by atoms with Crippen molar-refractivity contribution in [1.29, 1.82) is 0 Å². The molecular formula is C33H50O5. The highest BCUT2D eigenvalue weighted by molar-refractivity contribution is 5.96. The monoisotopic (exact) mass is 526 g/mol. The molecule has 5 heteroatoms. The first kappa shape index (κ1) is 27.9.